The predicted molar refractivity (Wildman–Crippen MR) is 73.7 cm³/mol. The van der Waals surface area contributed by atoms with Crippen LogP contribution in [0.15, 0.2) is 22.7 Å². The molecule has 0 aliphatic carbocycles. The summed E-state index contributed by atoms with van der Waals surface area (Å²) in [5.41, 5.74) is 2.63. The van der Waals surface area contributed by atoms with Crippen LogP contribution < -0.4 is 5.32 Å². The molecule has 1 aromatic carbocycles. The number of rotatable bonds is 5. The molecule has 0 spiro atoms. The van der Waals surface area contributed by atoms with Gasteiger partial charge in [-0.3, -0.25) is 0 Å². The molecule has 0 fully saturated rings. The van der Waals surface area contributed by atoms with E-state index in [-0.39, 0.29) is 0 Å². The minimum absolute atomic E-state index is 0.513. The summed E-state index contributed by atoms with van der Waals surface area (Å²) in [6.07, 6.45) is 0. The lowest BCUT2D eigenvalue weighted by molar-refractivity contribution is 0.349. The summed E-state index contributed by atoms with van der Waals surface area (Å²) in [6.45, 7) is 6.33. The monoisotopic (exact) mass is 284 g/mol. The Labute approximate surface area is 107 Å². The number of hydrogen-bond acceptors (Lipinski definition) is 2. The molecule has 1 N–H and O–H groups in total. The van der Waals surface area contributed by atoms with Crippen molar-refractivity contribution in [3.05, 3.63) is 33.8 Å². The molecule has 0 radical (unpaired) electrons. The lowest BCUT2D eigenvalue weighted by atomic mass is 10.1. The molecular formula is C13H21BrN2. The van der Waals surface area contributed by atoms with Gasteiger partial charge in [-0.15, -0.1) is 0 Å². The summed E-state index contributed by atoms with van der Waals surface area (Å²) in [5.74, 6) is 0. The van der Waals surface area contributed by atoms with Crippen molar-refractivity contribution < 1.29 is 0 Å². The van der Waals surface area contributed by atoms with E-state index in [0.29, 0.717) is 6.04 Å². The van der Waals surface area contributed by atoms with Crippen molar-refractivity contribution in [2.75, 3.05) is 20.6 Å². The van der Waals surface area contributed by atoms with Crippen molar-refractivity contribution in [3.63, 3.8) is 0 Å². The van der Waals surface area contributed by atoms with Crippen LogP contribution in [0.5, 0.6) is 0 Å². The first-order valence-electron chi connectivity index (χ1n) is 5.62. The first-order valence-corrected chi connectivity index (χ1v) is 6.41. The second-order valence-electron chi connectivity index (χ2n) is 4.63. The molecule has 3 heteroatoms. The quantitative estimate of drug-likeness (QED) is 0.895. The normalized spacial score (nSPS) is 13.1. The molecule has 0 aromatic heterocycles. The molecule has 0 amide bonds. The van der Waals surface area contributed by atoms with E-state index in [9.17, 15) is 0 Å². The third-order valence-electron chi connectivity index (χ3n) is 2.52. The Morgan fingerprint density at radius 1 is 1.38 bits per heavy atom. The Hall–Kier alpha value is -0.380. The summed E-state index contributed by atoms with van der Waals surface area (Å²) in [6, 6.07) is 7.01. The van der Waals surface area contributed by atoms with Crippen LogP contribution in [-0.2, 0) is 6.54 Å². The van der Waals surface area contributed by atoms with Gasteiger partial charge in [-0.2, -0.15) is 0 Å². The molecule has 0 aliphatic heterocycles. The number of hydrogen-bond donors (Lipinski definition) is 1. The van der Waals surface area contributed by atoms with Crippen LogP contribution in [-0.4, -0.2) is 31.6 Å². The number of likely N-dealkylation sites (N-methyl/N-ethyl adjacent to an activating group) is 1. The van der Waals surface area contributed by atoms with Gasteiger partial charge in [0.15, 0.2) is 0 Å². The van der Waals surface area contributed by atoms with E-state index < -0.39 is 0 Å². The number of nitrogens with one attached hydrogen (secondary N) is 1. The molecule has 90 valence electrons. The molecule has 16 heavy (non-hydrogen) atoms. The average molecular weight is 285 g/mol. The Balaban J connectivity index is 2.45. The van der Waals surface area contributed by atoms with Crippen molar-refractivity contribution in [2.45, 2.75) is 26.4 Å². The molecule has 1 unspecified atom stereocenters. The zero-order valence-corrected chi connectivity index (χ0v) is 12.1. The third-order valence-corrected chi connectivity index (χ3v) is 3.41. The molecule has 0 saturated carbocycles. The fourth-order valence-corrected chi connectivity index (χ4v) is 1.97. The molecular weight excluding hydrogens is 264 g/mol. The average Bonchev–Trinajstić information content (AvgIpc) is 2.19. The summed E-state index contributed by atoms with van der Waals surface area (Å²) in [7, 11) is 4.20. The van der Waals surface area contributed by atoms with Crippen LogP contribution in [0.4, 0.5) is 0 Å². The van der Waals surface area contributed by atoms with E-state index in [1.54, 1.807) is 0 Å². The van der Waals surface area contributed by atoms with Gasteiger partial charge in [0.1, 0.15) is 0 Å². The SMILES string of the molecule is Cc1cc(CNC(C)CN(C)C)ccc1Br. The minimum Gasteiger partial charge on any atom is -0.309 e. The van der Waals surface area contributed by atoms with E-state index in [1.807, 2.05) is 0 Å². The van der Waals surface area contributed by atoms with Crippen LogP contribution >= 0.6 is 15.9 Å². The first-order chi connectivity index (χ1) is 7.49. The van der Waals surface area contributed by atoms with Gasteiger partial charge in [-0.25, -0.2) is 0 Å². The lowest BCUT2D eigenvalue weighted by Gasteiger charge is -2.18. The van der Waals surface area contributed by atoms with Gasteiger partial charge in [-0.1, -0.05) is 28.1 Å². The Morgan fingerprint density at radius 2 is 2.06 bits per heavy atom. The highest BCUT2D eigenvalue weighted by atomic mass is 79.9. The maximum Gasteiger partial charge on any atom is 0.0208 e. The highest BCUT2D eigenvalue weighted by Gasteiger charge is 2.03. The van der Waals surface area contributed by atoms with Crippen LogP contribution in [0.2, 0.25) is 0 Å². The van der Waals surface area contributed by atoms with Crippen molar-refractivity contribution in [1.82, 2.24) is 10.2 Å². The van der Waals surface area contributed by atoms with Gasteiger partial charge >= 0.3 is 0 Å². The Kier molecular flexibility index (Phi) is 5.46. The topological polar surface area (TPSA) is 15.3 Å². The standard InChI is InChI=1S/C13H21BrN2/c1-10-7-12(5-6-13(10)14)8-15-11(2)9-16(3)4/h5-7,11,15H,8-9H2,1-4H3. The number of halogens is 1. The molecule has 0 heterocycles. The molecule has 1 atom stereocenters. The summed E-state index contributed by atoms with van der Waals surface area (Å²) >= 11 is 3.52. The van der Waals surface area contributed by atoms with E-state index >= 15 is 0 Å². The maximum absolute atomic E-state index is 3.52. The van der Waals surface area contributed by atoms with Crippen LogP contribution in [0, 0.1) is 6.92 Å². The minimum atomic E-state index is 0.513. The van der Waals surface area contributed by atoms with Crippen LogP contribution in [0.3, 0.4) is 0 Å². The smallest absolute Gasteiger partial charge is 0.0208 e. The molecule has 1 aromatic rings. The second kappa shape index (κ2) is 6.38. The summed E-state index contributed by atoms with van der Waals surface area (Å²) in [5, 5.41) is 3.52. The van der Waals surface area contributed by atoms with E-state index in [0.717, 1.165) is 13.1 Å². The molecule has 0 aliphatic rings. The summed E-state index contributed by atoms with van der Waals surface area (Å²) < 4.78 is 1.18. The Bertz CT molecular complexity index is 337. The Morgan fingerprint density at radius 3 is 2.62 bits per heavy atom. The fourth-order valence-electron chi connectivity index (χ4n) is 1.72. The largest absolute Gasteiger partial charge is 0.309 e. The zero-order valence-electron chi connectivity index (χ0n) is 10.5. The summed E-state index contributed by atoms with van der Waals surface area (Å²) in [4.78, 5) is 2.20. The van der Waals surface area contributed by atoms with Gasteiger partial charge in [0.05, 0.1) is 0 Å². The highest BCUT2D eigenvalue weighted by molar-refractivity contribution is 9.10. The van der Waals surface area contributed by atoms with Crippen LogP contribution in [0.25, 0.3) is 0 Å². The molecule has 1 rings (SSSR count). The predicted octanol–water partition coefficient (Wildman–Crippen LogP) is 2.80. The van der Waals surface area contributed by atoms with Crippen molar-refractivity contribution >= 4 is 15.9 Å². The van der Waals surface area contributed by atoms with Crippen molar-refractivity contribution in [1.29, 1.82) is 0 Å². The first kappa shape index (κ1) is 13.7. The molecule has 2 nitrogen and oxygen atoms in total. The van der Waals surface area contributed by atoms with Crippen molar-refractivity contribution in [3.8, 4) is 0 Å². The maximum atomic E-state index is 3.52. The second-order valence-corrected chi connectivity index (χ2v) is 5.48. The molecule has 0 bridgehead atoms. The van der Waals surface area contributed by atoms with E-state index in [4.69, 9.17) is 0 Å². The van der Waals surface area contributed by atoms with Crippen LogP contribution in [0.1, 0.15) is 18.1 Å². The van der Waals surface area contributed by atoms with Gasteiger partial charge in [0, 0.05) is 23.6 Å². The van der Waals surface area contributed by atoms with Gasteiger partial charge in [0.2, 0.25) is 0 Å². The van der Waals surface area contributed by atoms with Gasteiger partial charge in [0.25, 0.3) is 0 Å². The van der Waals surface area contributed by atoms with E-state index in [1.165, 1.54) is 15.6 Å². The zero-order chi connectivity index (χ0) is 12.1. The molecule has 0 saturated heterocycles. The third kappa shape index (κ3) is 4.64. The number of aryl methyl sites for hydroxylation is 1. The number of nitrogens with zero attached hydrogens (tertiary/aromatic N) is 1. The number of benzene rings is 1. The fraction of sp³-hybridized carbons (Fsp3) is 0.538. The van der Waals surface area contributed by atoms with E-state index in [2.05, 4.69) is 72.3 Å². The lowest BCUT2D eigenvalue weighted by Crippen LogP contribution is -2.35. The van der Waals surface area contributed by atoms with Crippen molar-refractivity contribution in [2.24, 2.45) is 0 Å². The van der Waals surface area contributed by atoms with Gasteiger partial charge in [-0.05, 0) is 45.1 Å². The highest BCUT2D eigenvalue weighted by Crippen LogP contribution is 2.16. The van der Waals surface area contributed by atoms with Gasteiger partial charge < -0.3 is 10.2 Å².